The van der Waals surface area contributed by atoms with Gasteiger partial charge in [-0.15, -0.1) is 12.4 Å². The van der Waals surface area contributed by atoms with Gasteiger partial charge in [-0.1, -0.05) is 12.1 Å². The summed E-state index contributed by atoms with van der Waals surface area (Å²) in [5, 5.41) is 6.27. The second-order valence-corrected chi connectivity index (χ2v) is 5.18. The van der Waals surface area contributed by atoms with E-state index in [2.05, 4.69) is 31.5 Å². The lowest BCUT2D eigenvalue weighted by Gasteiger charge is -2.27. The minimum absolute atomic E-state index is 0. The van der Waals surface area contributed by atoms with Crippen LogP contribution in [0.15, 0.2) is 28.7 Å². The molecule has 2 rings (SSSR count). The highest BCUT2D eigenvalue weighted by molar-refractivity contribution is 9.10. The van der Waals surface area contributed by atoms with Gasteiger partial charge in [0.15, 0.2) is 0 Å². The lowest BCUT2D eigenvalue weighted by molar-refractivity contribution is 0.0946. The van der Waals surface area contributed by atoms with Crippen LogP contribution in [0.25, 0.3) is 0 Å². The van der Waals surface area contributed by atoms with E-state index in [-0.39, 0.29) is 18.3 Å². The summed E-state index contributed by atoms with van der Waals surface area (Å²) in [5.74, 6) is -0.0161. The van der Waals surface area contributed by atoms with Crippen molar-refractivity contribution in [1.82, 2.24) is 15.5 Å². The van der Waals surface area contributed by atoms with Crippen molar-refractivity contribution in [3.8, 4) is 0 Å². The van der Waals surface area contributed by atoms with E-state index in [1.54, 1.807) is 0 Å². The quantitative estimate of drug-likeness (QED) is 0.867. The van der Waals surface area contributed by atoms with E-state index in [1.165, 1.54) is 0 Å². The van der Waals surface area contributed by atoms with Crippen LogP contribution in [0.3, 0.4) is 0 Å². The number of piperazine rings is 1. The number of carbonyl (C=O) groups is 1. The van der Waals surface area contributed by atoms with E-state index in [0.717, 1.165) is 37.2 Å². The number of hydrogen-bond acceptors (Lipinski definition) is 3. The number of nitrogens with zero attached hydrogens (tertiary/aromatic N) is 1. The maximum absolute atomic E-state index is 11.9. The van der Waals surface area contributed by atoms with Crippen LogP contribution in [-0.2, 0) is 0 Å². The Balaban J connectivity index is 0.00000180. The lowest BCUT2D eigenvalue weighted by Crippen LogP contribution is -2.46. The van der Waals surface area contributed by atoms with Crippen molar-refractivity contribution in [2.75, 3.05) is 39.3 Å². The molecule has 0 unspecified atom stereocenters. The van der Waals surface area contributed by atoms with Crippen molar-refractivity contribution >= 4 is 34.2 Å². The van der Waals surface area contributed by atoms with Crippen LogP contribution in [0.5, 0.6) is 0 Å². The third-order valence-electron chi connectivity index (χ3n) is 3.04. The molecule has 1 aromatic carbocycles. The average Bonchev–Trinajstić information content (AvgIpc) is 2.40. The number of amides is 1. The summed E-state index contributed by atoms with van der Waals surface area (Å²) in [7, 11) is 0. The number of halogens is 2. The maximum Gasteiger partial charge on any atom is 0.252 e. The fourth-order valence-electron chi connectivity index (χ4n) is 2.00. The minimum Gasteiger partial charge on any atom is -0.351 e. The number of carbonyl (C=O) groups excluding carboxylic acids is 1. The van der Waals surface area contributed by atoms with E-state index in [4.69, 9.17) is 0 Å². The van der Waals surface area contributed by atoms with E-state index in [9.17, 15) is 4.79 Å². The summed E-state index contributed by atoms with van der Waals surface area (Å²) in [6, 6.07) is 7.48. The van der Waals surface area contributed by atoms with E-state index < -0.39 is 0 Å². The molecule has 0 aromatic heterocycles. The maximum atomic E-state index is 11.9. The second-order valence-electron chi connectivity index (χ2n) is 4.33. The van der Waals surface area contributed by atoms with E-state index in [0.29, 0.717) is 12.1 Å². The molecule has 19 heavy (non-hydrogen) atoms. The van der Waals surface area contributed by atoms with Gasteiger partial charge >= 0.3 is 0 Å². The van der Waals surface area contributed by atoms with Crippen LogP contribution in [0, 0.1) is 0 Å². The molecule has 1 heterocycles. The Bertz CT molecular complexity index is 411. The fourth-order valence-corrected chi connectivity index (χ4v) is 2.47. The molecule has 0 bridgehead atoms. The molecule has 1 aliphatic rings. The molecule has 2 N–H and O–H groups in total. The molecule has 0 aliphatic carbocycles. The van der Waals surface area contributed by atoms with Gasteiger partial charge in [-0.2, -0.15) is 0 Å². The molecule has 6 heteroatoms. The highest BCUT2D eigenvalue weighted by Gasteiger charge is 2.11. The molecule has 106 valence electrons. The van der Waals surface area contributed by atoms with Gasteiger partial charge in [-0.3, -0.25) is 9.69 Å². The number of benzene rings is 1. The summed E-state index contributed by atoms with van der Waals surface area (Å²) >= 11 is 3.39. The molecule has 4 nitrogen and oxygen atoms in total. The van der Waals surface area contributed by atoms with Crippen LogP contribution >= 0.6 is 28.3 Å². The largest absolute Gasteiger partial charge is 0.351 e. The molecular weight excluding hydrogens is 330 g/mol. The van der Waals surface area contributed by atoms with Crippen LogP contribution in [-0.4, -0.2) is 50.1 Å². The molecule has 1 fully saturated rings. The summed E-state index contributed by atoms with van der Waals surface area (Å²) in [6.07, 6.45) is 0. The van der Waals surface area contributed by atoms with Gasteiger partial charge in [0.25, 0.3) is 5.91 Å². The minimum atomic E-state index is -0.0161. The molecule has 0 atom stereocenters. The molecule has 1 aromatic rings. The SMILES string of the molecule is Cl.O=C(NCCN1CCNCC1)c1ccccc1Br. The summed E-state index contributed by atoms with van der Waals surface area (Å²) < 4.78 is 0.838. The molecular formula is C13H19BrClN3O. The van der Waals surface area contributed by atoms with Gasteiger partial charge in [0.2, 0.25) is 0 Å². The van der Waals surface area contributed by atoms with Gasteiger partial charge in [0.05, 0.1) is 5.56 Å². The first-order valence-electron chi connectivity index (χ1n) is 6.23. The standard InChI is InChI=1S/C13H18BrN3O.ClH/c14-12-4-2-1-3-11(12)13(18)16-7-10-17-8-5-15-6-9-17;/h1-4,15H,5-10H2,(H,16,18);1H. The summed E-state index contributed by atoms with van der Waals surface area (Å²) in [5.41, 5.74) is 0.692. The van der Waals surface area contributed by atoms with Crippen molar-refractivity contribution in [1.29, 1.82) is 0 Å². The first-order chi connectivity index (χ1) is 8.77. The Kier molecular flexibility index (Phi) is 7.38. The Labute approximate surface area is 128 Å². The highest BCUT2D eigenvalue weighted by Crippen LogP contribution is 2.15. The Hall–Kier alpha value is -0.620. The number of rotatable bonds is 4. The smallest absolute Gasteiger partial charge is 0.252 e. The monoisotopic (exact) mass is 347 g/mol. The zero-order chi connectivity index (χ0) is 12.8. The van der Waals surface area contributed by atoms with Gasteiger partial charge < -0.3 is 10.6 Å². The number of hydrogen-bond donors (Lipinski definition) is 2. The topological polar surface area (TPSA) is 44.4 Å². The van der Waals surface area contributed by atoms with Gasteiger partial charge in [-0.05, 0) is 28.1 Å². The lowest BCUT2D eigenvalue weighted by atomic mass is 10.2. The second kappa shape index (κ2) is 8.53. The zero-order valence-corrected chi connectivity index (χ0v) is 13.1. The van der Waals surface area contributed by atoms with Crippen LogP contribution in [0.2, 0.25) is 0 Å². The molecule has 1 amide bonds. The third-order valence-corrected chi connectivity index (χ3v) is 3.73. The van der Waals surface area contributed by atoms with Crippen molar-refractivity contribution in [2.45, 2.75) is 0 Å². The predicted molar refractivity (Wildman–Crippen MR) is 83.0 cm³/mol. The first-order valence-corrected chi connectivity index (χ1v) is 7.02. The summed E-state index contributed by atoms with van der Waals surface area (Å²) in [6.45, 7) is 5.81. The Morgan fingerprint density at radius 2 is 2.00 bits per heavy atom. The van der Waals surface area contributed by atoms with Gasteiger partial charge in [-0.25, -0.2) is 0 Å². The number of nitrogens with one attached hydrogen (secondary N) is 2. The average molecular weight is 349 g/mol. The summed E-state index contributed by atoms with van der Waals surface area (Å²) in [4.78, 5) is 14.3. The highest BCUT2D eigenvalue weighted by atomic mass is 79.9. The van der Waals surface area contributed by atoms with Gasteiger partial charge in [0, 0.05) is 43.7 Å². The molecule has 0 radical (unpaired) electrons. The normalized spacial score (nSPS) is 15.6. The molecule has 0 spiro atoms. The Morgan fingerprint density at radius 3 is 2.68 bits per heavy atom. The molecule has 0 saturated carbocycles. The predicted octanol–water partition coefficient (Wildman–Crippen LogP) is 1.51. The first kappa shape index (κ1) is 16.4. The zero-order valence-electron chi connectivity index (χ0n) is 10.7. The van der Waals surface area contributed by atoms with Gasteiger partial charge in [0.1, 0.15) is 0 Å². The van der Waals surface area contributed by atoms with Crippen molar-refractivity contribution < 1.29 is 4.79 Å². The van der Waals surface area contributed by atoms with Crippen LogP contribution in [0.4, 0.5) is 0 Å². The van der Waals surface area contributed by atoms with Crippen molar-refractivity contribution in [3.63, 3.8) is 0 Å². The fraction of sp³-hybridized carbons (Fsp3) is 0.462. The van der Waals surface area contributed by atoms with E-state index in [1.807, 2.05) is 24.3 Å². The van der Waals surface area contributed by atoms with E-state index >= 15 is 0 Å². The van der Waals surface area contributed by atoms with Crippen LogP contribution < -0.4 is 10.6 Å². The van der Waals surface area contributed by atoms with Crippen molar-refractivity contribution in [3.05, 3.63) is 34.3 Å². The van der Waals surface area contributed by atoms with Crippen LogP contribution in [0.1, 0.15) is 10.4 Å². The molecule has 1 aliphatic heterocycles. The van der Waals surface area contributed by atoms with Crippen molar-refractivity contribution in [2.24, 2.45) is 0 Å². The third kappa shape index (κ3) is 5.10. The Morgan fingerprint density at radius 1 is 1.32 bits per heavy atom. The molecule has 1 saturated heterocycles.